The minimum atomic E-state index is -0.104. The molecule has 1 aromatic heterocycles. The van der Waals surface area contributed by atoms with Crippen molar-refractivity contribution in [3.63, 3.8) is 0 Å². The van der Waals surface area contributed by atoms with Crippen LogP contribution in [0.1, 0.15) is 5.82 Å². The van der Waals surface area contributed by atoms with Crippen molar-refractivity contribution in [2.75, 3.05) is 5.73 Å². The number of hydrogen-bond donors (Lipinski definition) is 2. The molecule has 0 amide bonds. The molecule has 0 saturated heterocycles. The number of nitrogens with zero attached hydrogens (tertiary/aromatic N) is 1. The predicted molar refractivity (Wildman–Crippen MR) is 90.5 cm³/mol. The lowest BCUT2D eigenvalue weighted by molar-refractivity contribution is 1.04. The molecule has 21 heavy (non-hydrogen) atoms. The maximum absolute atomic E-state index is 12.0. The van der Waals surface area contributed by atoms with Crippen molar-refractivity contribution in [3.05, 3.63) is 63.1 Å². The van der Waals surface area contributed by atoms with Gasteiger partial charge in [0.15, 0.2) is 0 Å². The molecule has 0 saturated carbocycles. The summed E-state index contributed by atoms with van der Waals surface area (Å²) in [7, 11) is 0. The largest absolute Gasteiger partial charge is 0.399 e. The third-order valence-corrected chi connectivity index (χ3v) is 4.99. The number of nitrogen functional groups attached to an aromatic ring is 1. The van der Waals surface area contributed by atoms with Gasteiger partial charge in [0, 0.05) is 15.1 Å². The molecule has 0 bridgehead atoms. The first-order chi connectivity index (χ1) is 10.1. The minimum absolute atomic E-state index is 0.104. The molecule has 0 atom stereocenters. The van der Waals surface area contributed by atoms with E-state index >= 15 is 0 Å². The average Bonchev–Trinajstić information content (AvgIpc) is 2.46. The molecule has 0 aliphatic rings. The van der Waals surface area contributed by atoms with Crippen LogP contribution < -0.4 is 11.3 Å². The van der Waals surface area contributed by atoms with E-state index in [9.17, 15) is 4.79 Å². The lowest BCUT2D eigenvalue weighted by Crippen LogP contribution is -2.11. The number of fused-ring (bicyclic) bond motifs is 1. The molecule has 3 rings (SSSR count). The van der Waals surface area contributed by atoms with Gasteiger partial charge in [0.05, 0.1) is 16.7 Å². The van der Waals surface area contributed by atoms with E-state index in [2.05, 4.69) is 25.9 Å². The van der Waals surface area contributed by atoms with Gasteiger partial charge in [-0.05, 0) is 46.3 Å². The summed E-state index contributed by atoms with van der Waals surface area (Å²) < 4.78 is 0.940. The zero-order valence-corrected chi connectivity index (χ0v) is 13.4. The molecule has 0 spiro atoms. The van der Waals surface area contributed by atoms with Crippen LogP contribution in [0.3, 0.4) is 0 Å². The Morgan fingerprint density at radius 2 is 2.05 bits per heavy atom. The zero-order chi connectivity index (χ0) is 14.8. The van der Waals surface area contributed by atoms with Crippen LogP contribution in [0.5, 0.6) is 0 Å². The van der Waals surface area contributed by atoms with E-state index in [-0.39, 0.29) is 5.56 Å². The first-order valence-electron chi connectivity index (χ1n) is 6.29. The summed E-state index contributed by atoms with van der Waals surface area (Å²) in [4.78, 5) is 20.4. The second-order valence-corrected chi connectivity index (χ2v) is 6.38. The van der Waals surface area contributed by atoms with Crippen molar-refractivity contribution in [2.45, 2.75) is 10.6 Å². The van der Waals surface area contributed by atoms with Crippen molar-refractivity contribution < 1.29 is 0 Å². The Balaban J connectivity index is 1.87. The molecule has 2 aromatic carbocycles. The number of para-hydroxylation sites is 1. The van der Waals surface area contributed by atoms with Crippen LogP contribution in [0, 0.1) is 0 Å². The van der Waals surface area contributed by atoms with Crippen molar-refractivity contribution in [1.82, 2.24) is 9.97 Å². The molecule has 0 aliphatic heterocycles. The van der Waals surface area contributed by atoms with Crippen LogP contribution in [0.15, 0.2) is 56.6 Å². The van der Waals surface area contributed by atoms with Gasteiger partial charge in [-0.15, -0.1) is 11.8 Å². The number of rotatable bonds is 3. The highest BCUT2D eigenvalue weighted by Crippen LogP contribution is 2.30. The lowest BCUT2D eigenvalue weighted by Gasteiger charge is -2.06. The van der Waals surface area contributed by atoms with Crippen molar-refractivity contribution in [2.24, 2.45) is 0 Å². The minimum Gasteiger partial charge on any atom is -0.399 e. The molecule has 1 heterocycles. The van der Waals surface area contributed by atoms with Gasteiger partial charge >= 0.3 is 0 Å². The van der Waals surface area contributed by atoms with Gasteiger partial charge in [-0.2, -0.15) is 0 Å². The summed E-state index contributed by atoms with van der Waals surface area (Å²) in [6, 6.07) is 13.0. The smallest absolute Gasteiger partial charge is 0.258 e. The lowest BCUT2D eigenvalue weighted by atomic mass is 10.2. The summed E-state index contributed by atoms with van der Waals surface area (Å²) in [5, 5.41) is 0.611. The number of aromatic nitrogens is 2. The molecule has 106 valence electrons. The van der Waals surface area contributed by atoms with Crippen molar-refractivity contribution >= 4 is 44.3 Å². The van der Waals surface area contributed by atoms with Gasteiger partial charge in [0.2, 0.25) is 0 Å². The number of aromatic amines is 1. The van der Waals surface area contributed by atoms with Gasteiger partial charge in [-0.3, -0.25) is 4.79 Å². The van der Waals surface area contributed by atoms with Gasteiger partial charge in [-0.25, -0.2) is 4.98 Å². The zero-order valence-electron chi connectivity index (χ0n) is 11.0. The number of hydrogen-bond acceptors (Lipinski definition) is 4. The second-order valence-electron chi connectivity index (χ2n) is 4.51. The van der Waals surface area contributed by atoms with Crippen molar-refractivity contribution in [1.29, 1.82) is 0 Å². The first kappa shape index (κ1) is 14.2. The molecule has 4 nitrogen and oxygen atoms in total. The molecule has 0 radical (unpaired) electrons. The van der Waals surface area contributed by atoms with E-state index in [1.54, 1.807) is 17.8 Å². The fraction of sp³-hybridized carbons (Fsp3) is 0.0667. The van der Waals surface area contributed by atoms with Gasteiger partial charge < -0.3 is 10.7 Å². The van der Waals surface area contributed by atoms with Crippen LogP contribution in [0.4, 0.5) is 5.69 Å². The van der Waals surface area contributed by atoms with E-state index in [1.807, 2.05) is 36.4 Å². The summed E-state index contributed by atoms with van der Waals surface area (Å²) in [6.45, 7) is 0. The van der Waals surface area contributed by atoms with E-state index in [1.165, 1.54) is 0 Å². The first-order valence-corrected chi connectivity index (χ1v) is 8.07. The number of anilines is 1. The molecule has 3 aromatic rings. The number of nitrogens with two attached hydrogens (primary N) is 1. The summed E-state index contributed by atoms with van der Waals surface area (Å²) >= 11 is 5.07. The Hall–Kier alpha value is -1.79. The molecule has 3 N–H and O–H groups in total. The Labute approximate surface area is 133 Å². The molecule has 0 fully saturated rings. The number of benzene rings is 2. The van der Waals surface area contributed by atoms with Crippen LogP contribution in [0.2, 0.25) is 0 Å². The van der Waals surface area contributed by atoms with E-state index in [4.69, 9.17) is 5.73 Å². The predicted octanol–water partition coefficient (Wildman–Crippen LogP) is 3.56. The monoisotopic (exact) mass is 361 g/mol. The van der Waals surface area contributed by atoms with Crippen LogP contribution >= 0.6 is 27.7 Å². The Kier molecular flexibility index (Phi) is 3.98. The van der Waals surface area contributed by atoms with Crippen LogP contribution in [0.25, 0.3) is 10.9 Å². The van der Waals surface area contributed by atoms with Gasteiger partial charge in [0.25, 0.3) is 5.56 Å². The highest BCUT2D eigenvalue weighted by atomic mass is 79.9. The summed E-state index contributed by atoms with van der Waals surface area (Å²) in [6.07, 6.45) is 0. The number of halogens is 1. The average molecular weight is 362 g/mol. The second kappa shape index (κ2) is 5.91. The standard InChI is InChI=1S/C15H12BrN3OS/c16-11-7-9(17)5-6-13(11)21-8-14-18-12-4-2-1-3-10(12)15(20)19-14/h1-7H,8,17H2,(H,18,19,20). The Bertz CT molecular complexity index is 863. The third kappa shape index (κ3) is 3.11. The number of thioether (sulfide) groups is 1. The number of nitrogens with one attached hydrogen (secondary N) is 1. The molecule has 0 aliphatic carbocycles. The fourth-order valence-electron chi connectivity index (χ4n) is 1.98. The quantitative estimate of drug-likeness (QED) is 0.552. The maximum atomic E-state index is 12.0. The molecule has 0 unspecified atom stereocenters. The summed E-state index contributed by atoms with van der Waals surface area (Å²) in [5.41, 5.74) is 7.04. The van der Waals surface area contributed by atoms with Crippen LogP contribution in [-0.4, -0.2) is 9.97 Å². The van der Waals surface area contributed by atoms with E-state index < -0.39 is 0 Å². The van der Waals surface area contributed by atoms with Gasteiger partial charge in [0.1, 0.15) is 5.82 Å². The topological polar surface area (TPSA) is 71.8 Å². The van der Waals surface area contributed by atoms with E-state index in [0.717, 1.165) is 9.37 Å². The van der Waals surface area contributed by atoms with Crippen molar-refractivity contribution in [3.8, 4) is 0 Å². The van der Waals surface area contributed by atoms with E-state index in [0.29, 0.717) is 28.2 Å². The fourth-order valence-corrected chi connectivity index (χ4v) is 3.51. The number of H-pyrrole nitrogens is 1. The Morgan fingerprint density at radius 3 is 2.86 bits per heavy atom. The normalized spacial score (nSPS) is 10.9. The molecular weight excluding hydrogens is 350 g/mol. The molecule has 6 heteroatoms. The summed E-state index contributed by atoms with van der Waals surface area (Å²) in [5.74, 6) is 1.25. The molecular formula is C15H12BrN3OS. The van der Waals surface area contributed by atoms with Gasteiger partial charge in [-0.1, -0.05) is 12.1 Å². The Morgan fingerprint density at radius 1 is 1.24 bits per heavy atom. The maximum Gasteiger partial charge on any atom is 0.258 e. The SMILES string of the molecule is Nc1ccc(SCc2nc3ccccc3c(=O)[nH]2)c(Br)c1. The third-order valence-electron chi connectivity index (χ3n) is 2.98. The highest BCUT2D eigenvalue weighted by molar-refractivity contribution is 9.10. The van der Waals surface area contributed by atoms with Crippen LogP contribution in [-0.2, 0) is 5.75 Å². The highest BCUT2D eigenvalue weighted by Gasteiger charge is 2.06.